The highest BCUT2D eigenvalue weighted by Crippen LogP contribution is 2.35. The Morgan fingerprint density at radius 3 is 2.31 bits per heavy atom. The summed E-state index contributed by atoms with van der Waals surface area (Å²) >= 11 is 12.6. The Labute approximate surface area is 182 Å². The molecule has 0 atom stereocenters. The van der Waals surface area contributed by atoms with Crippen LogP contribution in [0.1, 0.15) is 56.6 Å². The lowest BCUT2D eigenvalue weighted by atomic mass is 10.1. The summed E-state index contributed by atoms with van der Waals surface area (Å²) in [7, 11) is 0. The summed E-state index contributed by atoms with van der Waals surface area (Å²) in [5.41, 5.74) is 1.69. The molecule has 0 spiro atoms. The van der Waals surface area contributed by atoms with E-state index in [9.17, 15) is 4.39 Å². The van der Waals surface area contributed by atoms with E-state index in [-0.39, 0.29) is 12.4 Å². The summed E-state index contributed by atoms with van der Waals surface area (Å²) in [5.74, 6) is 0.825. The lowest BCUT2D eigenvalue weighted by molar-refractivity contribution is 0.269. The fourth-order valence-electron chi connectivity index (χ4n) is 3.63. The van der Waals surface area contributed by atoms with Gasteiger partial charge in [-0.05, 0) is 43.5 Å². The predicted molar refractivity (Wildman–Crippen MR) is 117 cm³/mol. The maximum Gasteiger partial charge on any atom is 0.163 e. The normalized spacial score (nSPS) is 15.2. The Hall–Kier alpha value is -1.49. The minimum Gasteiger partial charge on any atom is -0.490 e. The highest BCUT2D eigenvalue weighted by molar-refractivity contribution is 6.31. The minimum atomic E-state index is -0.373. The van der Waals surface area contributed by atoms with Gasteiger partial charge in [-0.3, -0.25) is 0 Å². The van der Waals surface area contributed by atoms with Gasteiger partial charge in [-0.25, -0.2) is 4.39 Å². The van der Waals surface area contributed by atoms with E-state index in [4.69, 9.17) is 32.7 Å². The van der Waals surface area contributed by atoms with Crippen LogP contribution in [0.3, 0.4) is 0 Å². The Kier molecular flexibility index (Phi) is 8.46. The van der Waals surface area contributed by atoms with Crippen LogP contribution >= 0.6 is 23.2 Å². The van der Waals surface area contributed by atoms with Gasteiger partial charge in [0.25, 0.3) is 0 Å². The molecule has 0 aliphatic heterocycles. The fraction of sp³-hybridized carbons (Fsp3) is 0.478. The van der Waals surface area contributed by atoms with Crippen molar-refractivity contribution in [2.75, 3.05) is 6.61 Å². The maximum atomic E-state index is 13.2. The average Bonchev–Trinajstić information content (AvgIpc) is 2.97. The van der Waals surface area contributed by atoms with Gasteiger partial charge in [-0.1, -0.05) is 55.0 Å². The molecule has 2 aromatic carbocycles. The van der Waals surface area contributed by atoms with Crippen molar-refractivity contribution in [2.45, 2.75) is 64.6 Å². The molecule has 0 radical (unpaired) electrons. The Balaban J connectivity index is 1.69. The second-order valence-corrected chi connectivity index (χ2v) is 8.23. The van der Waals surface area contributed by atoms with Crippen molar-refractivity contribution in [2.24, 2.45) is 0 Å². The van der Waals surface area contributed by atoms with Gasteiger partial charge in [-0.15, -0.1) is 0 Å². The molecule has 1 saturated carbocycles. The van der Waals surface area contributed by atoms with Crippen LogP contribution in [-0.4, -0.2) is 12.6 Å². The molecule has 0 saturated heterocycles. The number of hydrogen-bond donors (Lipinski definition) is 1. The van der Waals surface area contributed by atoms with Gasteiger partial charge in [0.2, 0.25) is 0 Å². The summed E-state index contributed by atoms with van der Waals surface area (Å²) in [6.07, 6.45) is 7.67. The number of rotatable bonds is 8. The predicted octanol–water partition coefficient (Wildman–Crippen LogP) is 6.92. The molecule has 0 heterocycles. The molecule has 0 bridgehead atoms. The first-order valence-corrected chi connectivity index (χ1v) is 11.1. The van der Waals surface area contributed by atoms with Crippen LogP contribution in [-0.2, 0) is 13.2 Å². The topological polar surface area (TPSA) is 30.5 Å². The van der Waals surface area contributed by atoms with Gasteiger partial charge in [0, 0.05) is 29.2 Å². The van der Waals surface area contributed by atoms with Crippen molar-refractivity contribution in [3.8, 4) is 11.5 Å². The molecule has 1 aliphatic carbocycles. The second-order valence-electron chi connectivity index (χ2n) is 7.42. The van der Waals surface area contributed by atoms with Crippen molar-refractivity contribution >= 4 is 23.2 Å². The summed E-state index contributed by atoms with van der Waals surface area (Å²) in [6.45, 7) is 3.35. The molecule has 0 unspecified atom stereocenters. The van der Waals surface area contributed by atoms with E-state index in [0.29, 0.717) is 46.3 Å². The van der Waals surface area contributed by atoms with Crippen molar-refractivity contribution < 1.29 is 13.9 Å². The van der Waals surface area contributed by atoms with Gasteiger partial charge >= 0.3 is 0 Å². The Bertz CT molecular complexity index is 808. The maximum absolute atomic E-state index is 13.2. The third kappa shape index (κ3) is 6.50. The van der Waals surface area contributed by atoms with E-state index in [1.54, 1.807) is 12.1 Å². The molecular formula is C23H28Cl2FNO2. The van der Waals surface area contributed by atoms with E-state index < -0.39 is 0 Å². The van der Waals surface area contributed by atoms with E-state index >= 15 is 0 Å². The molecule has 0 aromatic heterocycles. The van der Waals surface area contributed by atoms with Gasteiger partial charge in [-0.2, -0.15) is 0 Å². The molecule has 1 fully saturated rings. The van der Waals surface area contributed by atoms with Crippen LogP contribution < -0.4 is 14.8 Å². The quantitative estimate of drug-likeness (QED) is 0.452. The highest BCUT2D eigenvalue weighted by atomic mass is 35.5. The zero-order valence-electron chi connectivity index (χ0n) is 16.8. The largest absolute Gasteiger partial charge is 0.490 e. The highest BCUT2D eigenvalue weighted by Gasteiger charge is 2.15. The summed E-state index contributed by atoms with van der Waals surface area (Å²) < 4.78 is 24.9. The third-order valence-corrected chi connectivity index (χ3v) is 5.95. The van der Waals surface area contributed by atoms with Crippen molar-refractivity contribution in [3.05, 3.63) is 57.3 Å². The van der Waals surface area contributed by atoms with Crippen LogP contribution in [0.25, 0.3) is 0 Å². The summed E-state index contributed by atoms with van der Waals surface area (Å²) in [4.78, 5) is 0. The van der Waals surface area contributed by atoms with Crippen molar-refractivity contribution in [3.63, 3.8) is 0 Å². The van der Waals surface area contributed by atoms with Gasteiger partial charge < -0.3 is 14.8 Å². The summed E-state index contributed by atoms with van der Waals surface area (Å²) in [5, 5.41) is 4.61. The van der Waals surface area contributed by atoms with E-state index in [1.807, 2.05) is 13.0 Å². The molecule has 3 rings (SSSR count). The SMILES string of the molecule is CCOc1cc(CNC2CCCCCC2)c(Cl)cc1OCc1ccc(F)cc1Cl. The second kappa shape index (κ2) is 11.1. The van der Waals surface area contributed by atoms with Crippen LogP contribution in [0.5, 0.6) is 11.5 Å². The molecule has 0 amide bonds. The van der Waals surface area contributed by atoms with E-state index in [0.717, 1.165) is 5.56 Å². The van der Waals surface area contributed by atoms with Gasteiger partial charge in [0.15, 0.2) is 11.5 Å². The molecule has 158 valence electrons. The standard InChI is InChI=1S/C23H28Cl2FNO2/c1-2-28-22-11-17(14-27-19-7-5-3-4-6-8-19)21(25)13-23(22)29-15-16-9-10-18(26)12-20(16)24/h9-13,19,27H,2-8,14-15H2,1H3. The molecule has 29 heavy (non-hydrogen) atoms. The minimum absolute atomic E-state index is 0.204. The number of halogens is 3. The zero-order valence-corrected chi connectivity index (χ0v) is 18.3. The average molecular weight is 440 g/mol. The number of hydrogen-bond acceptors (Lipinski definition) is 3. The first-order chi connectivity index (χ1) is 14.1. The van der Waals surface area contributed by atoms with Crippen LogP contribution in [0.4, 0.5) is 4.39 Å². The molecule has 2 aromatic rings. The number of benzene rings is 2. The zero-order chi connectivity index (χ0) is 20.6. The van der Waals surface area contributed by atoms with Crippen molar-refractivity contribution in [1.29, 1.82) is 0 Å². The molecule has 1 aliphatic rings. The smallest absolute Gasteiger partial charge is 0.163 e. The third-order valence-electron chi connectivity index (χ3n) is 5.25. The molecule has 6 heteroatoms. The lowest BCUT2D eigenvalue weighted by Gasteiger charge is -2.19. The molecular weight excluding hydrogens is 412 g/mol. The van der Waals surface area contributed by atoms with Gasteiger partial charge in [0.05, 0.1) is 11.6 Å². The Morgan fingerprint density at radius 2 is 1.62 bits per heavy atom. The fourth-order valence-corrected chi connectivity index (χ4v) is 4.07. The lowest BCUT2D eigenvalue weighted by Crippen LogP contribution is -2.28. The first kappa shape index (κ1) is 22.2. The van der Waals surface area contributed by atoms with E-state index in [1.165, 1.54) is 50.7 Å². The number of nitrogens with one attached hydrogen (secondary N) is 1. The van der Waals surface area contributed by atoms with Crippen LogP contribution in [0.2, 0.25) is 10.0 Å². The van der Waals surface area contributed by atoms with Crippen molar-refractivity contribution in [1.82, 2.24) is 5.32 Å². The molecule has 3 nitrogen and oxygen atoms in total. The Morgan fingerprint density at radius 1 is 0.931 bits per heavy atom. The monoisotopic (exact) mass is 439 g/mol. The number of ether oxygens (including phenoxy) is 2. The summed E-state index contributed by atoms with van der Waals surface area (Å²) in [6, 6.07) is 8.53. The van der Waals surface area contributed by atoms with Crippen LogP contribution in [0.15, 0.2) is 30.3 Å². The van der Waals surface area contributed by atoms with E-state index in [2.05, 4.69) is 5.32 Å². The molecule has 1 N–H and O–H groups in total. The first-order valence-electron chi connectivity index (χ1n) is 10.3. The van der Waals surface area contributed by atoms with Gasteiger partial charge in [0.1, 0.15) is 12.4 Å². The van der Waals surface area contributed by atoms with Crippen LogP contribution in [0, 0.1) is 5.82 Å².